The van der Waals surface area contributed by atoms with Gasteiger partial charge in [0, 0.05) is 19.3 Å². The molecule has 27 heavy (non-hydrogen) atoms. The number of halogens is 1. The van der Waals surface area contributed by atoms with Gasteiger partial charge in [-0.25, -0.2) is 17.8 Å². The van der Waals surface area contributed by atoms with Crippen molar-refractivity contribution in [3.63, 3.8) is 0 Å². The minimum atomic E-state index is -3.19. The molecule has 2 aromatic carbocycles. The van der Waals surface area contributed by atoms with Crippen molar-refractivity contribution in [1.82, 2.24) is 10.6 Å². The van der Waals surface area contributed by atoms with Crippen LogP contribution in [0.4, 0.5) is 4.39 Å². The van der Waals surface area contributed by atoms with Crippen molar-refractivity contribution >= 4 is 15.8 Å². The standard InChI is InChI=1S/C20H26FN3O2S/c1-4-22-20(23-12-11-17-7-8-18(21)13-15(17)2)24-14-16-5-9-19(10-6-16)27(3,25)26/h5-10,13H,4,11-12,14H2,1-3H3,(H2,22,23,24). The van der Waals surface area contributed by atoms with Crippen LogP contribution in [0.5, 0.6) is 0 Å². The van der Waals surface area contributed by atoms with Crippen molar-refractivity contribution in [2.75, 3.05) is 19.3 Å². The normalized spacial score (nSPS) is 12.1. The van der Waals surface area contributed by atoms with Crippen LogP contribution in [0.15, 0.2) is 52.4 Å². The zero-order valence-corrected chi connectivity index (χ0v) is 16.7. The number of sulfone groups is 1. The highest BCUT2D eigenvalue weighted by Gasteiger charge is 2.06. The summed E-state index contributed by atoms with van der Waals surface area (Å²) in [6.07, 6.45) is 1.95. The van der Waals surface area contributed by atoms with Crippen molar-refractivity contribution in [2.45, 2.75) is 31.7 Å². The first-order chi connectivity index (χ1) is 12.8. The van der Waals surface area contributed by atoms with Gasteiger partial charge in [0.15, 0.2) is 15.8 Å². The third kappa shape index (κ3) is 6.67. The van der Waals surface area contributed by atoms with E-state index in [4.69, 9.17) is 0 Å². The van der Waals surface area contributed by atoms with E-state index in [1.54, 1.807) is 30.3 Å². The van der Waals surface area contributed by atoms with Crippen LogP contribution < -0.4 is 10.6 Å². The molecule has 0 radical (unpaired) electrons. The number of guanidine groups is 1. The maximum atomic E-state index is 13.2. The van der Waals surface area contributed by atoms with E-state index < -0.39 is 9.84 Å². The Morgan fingerprint density at radius 3 is 2.41 bits per heavy atom. The van der Waals surface area contributed by atoms with Crippen LogP contribution in [0.3, 0.4) is 0 Å². The SMILES string of the molecule is CCNC(=NCc1ccc(S(C)(=O)=O)cc1)NCCc1ccc(F)cc1C. The second kappa shape index (κ2) is 9.50. The highest BCUT2D eigenvalue weighted by atomic mass is 32.2. The Kier molecular flexibility index (Phi) is 7.36. The Labute approximate surface area is 160 Å². The Bertz CT molecular complexity index is 894. The summed E-state index contributed by atoms with van der Waals surface area (Å²) in [6, 6.07) is 11.5. The number of nitrogens with one attached hydrogen (secondary N) is 2. The average molecular weight is 392 g/mol. The van der Waals surface area contributed by atoms with Crippen LogP contribution in [0.2, 0.25) is 0 Å². The van der Waals surface area contributed by atoms with Crippen LogP contribution in [-0.4, -0.2) is 33.7 Å². The maximum Gasteiger partial charge on any atom is 0.191 e. The second-order valence-corrected chi connectivity index (χ2v) is 8.37. The van der Waals surface area contributed by atoms with Crippen LogP contribution in [0.1, 0.15) is 23.6 Å². The van der Waals surface area contributed by atoms with E-state index in [2.05, 4.69) is 15.6 Å². The number of nitrogens with zero attached hydrogens (tertiary/aromatic N) is 1. The van der Waals surface area contributed by atoms with Gasteiger partial charge >= 0.3 is 0 Å². The Morgan fingerprint density at radius 1 is 1.11 bits per heavy atom. The second-order valence-electron chi connectivity index (χ2n) is 6.36. The molecule has 0 aliphatic carbocycles. The van der Waals surface area contributed by atoms with E-state index in [0.29, 0.717) is 23.9 Å². The average Bonchev–Trinajstić information content (AvgIpc) is 2.61. The molecule has 0 aliphatic heterocycles. The molecule has 0 atom stereocenters. The first-order valence-corrected chi connectivity index (χ1v) is 10.7. The number of rotatable bonds is 7. The molecular formula is C20H26FN3O2S. The molecule has 0 unspecified atom stereocenters. The minimum Gasteiger partial charge on any atom is -0.357 e. The van der Waals surface area contributed by atoms with Gasteiger partial charge in [-0.15, -0.1) is 0 Å². The zero-order chi connectivity index (χ0) is 19.9. The van der Waals surface area contributed by atoms with Crippen molar-refractivity contribution < 1.29 is 12.8 Å². The van der Waals surface area contributed by atoms with E-state index in [9.17, 15) is 12.8 Å². The van der Waals surface area contributed by atoms with E-state index in [1.807, 2.05) is 13.8 Å². The van der Waals surface area contributed by atoms with Gasteiger partial charge in [-0.1, -0.05) is 18.2 Å². The summed E-state index contributed by atoms with van der Waals surface area (Å²) < 4.78 is 36.2. The van der Waals surface area contributed by atoms with Crippen LogP contribution >= 0.6 is 0 Å². The number of benzene rings is 2. The van der Waals surface area contributed by atoms with Gasteiger partial charge in [0.05, 0.1) is 11.4 Å². The van der Waals surface area contributed by atoms with Crippen molar-refractivity contribution in [1.29, 1.82) is 0 Å². The number of hydrogen-bond donors (Lipinski definition) is 2. The summed E-state index contributed by atoms with van der Waals surface area (Å²) in [6.45, 7) is 5.73. The van der Waals surface area contributed by atoms with Gasteiger partial charge in [0.2, 0.25) is 0 Å². The lowest BCUT2D eigenvalue weighted by Gasteiger charge is -2.12. The molecule has 0 aliphatic rings. The van der Waals surface area contributed by atoms with Gasteiger partial charge < -0.3 is 10.6 Å². The zero-order valence-electron chi connectivity index (χ0n) is 15.9. The molecule has 5 nitrogen and oxygen atoms in total. The predicted octanol–water partition coefficient (Wildman–Crippen LogP) is 2.84. The summed E-state index contributed by atoms with van der Waals surface area (Å²) in [5.41, 5.74) is 2.95. The van der Waals surface area contributed by atoms with E-state index in [1.165, 1.54) is 18.4 Å². The quantitative estimate of drug-likeness (QED) is 0.562. The van der Waals surface area contributed by atoms with Crippen LogP contribution in [0, 0.1) is 12.7 Å². The van der Waals surface area contributed by atoms with Gasteiger partial charge in [-0.2, -0.15) is 0 Å². The summed E-state index contributed by atoms with van der Waals surface area (Å²) in [7, 11) is -3.19. The van der Waals surface area contributed by atoms with E-state index in [0.717, 1.165) is 29.7 Å². The molecule has 0 heterocycles. The summed E-state index contributed by atoms with van der Waals surface area (Å²) in [5.74, 6) is 0.463. The highest BCUT2D eigenvalue weighted by Crippen LogP contribution is 2.11. The lowest BCUT2D eigenvalue weighted by molar-refractivity contribution is 0.602. The molecule has 7 heteroatoms. The van der Waals surface area contributed by atoms with Crippen LogP contribution in [0.25, 0.3) is 0 Å². The molecule has 146 valence electrons. The molecule has 0 amide bonds. The Hall–Kier alpha value is -2.41. The smallest absolute Gasteiger partial charge is 0.191 e. The van der Waals surface area contributed by atoms with Crippen LogP contribution in [-0.2, 0) is 22.8 Å². The molecule has 2 rings (SSSR count). The van der Waals surface area contributed by atoms with Gasteiger partial charge in [0.1, 0.15) is 5.82 Å². The molecule has 0 aromatic heterocycles. The van der Waals surface area contributed by atoms with Crippen molar-refractivity contribution in [2.24, 2.45) is 4.99 Å². The first kappa shape index (κ1) is 20.9. The molecule has 0 spiro atoms. The monoisotopic (exact) mass is 391 g/mol. The summed E-state index contributed by atoms with van der Waals surface area (Å²) in [4.78, 5) is 4.83. The fourth-order valence-electron chi connectivity index (χ4n) is 2.61. The maximum absolute atomic E-state index is 13.2. The van der Waals surface area contributed by atoms with Crippen molar-refractivity contribution in [3.8, 4) is 0 Å². The van der Waals surface area contributed by atoms with E-state index in [-0.39, 0.29) is 5.82 Å². The molecule has 2 aromatic rings. The van der Waals surface area contributed by atoms with E-state index >= 15 is 0 Å². The highest BCUT2D eigenvalue weighted by molar-refractivity contribution is 7.90. The van der Waals surface area contributed by atoms with Gasteiger partial charge in [-0.3, -0.25) is 0 Å². The topological polar surface area (TPSA) is 70.6 Å². The van der Waals surface area contributed by atoms with Gasteiger partial charge in [-0.05, 0) is 61.2 Å². The lowest BCUT2D eigenvalue weighted by atomic mass is 10.1. The summed E-state index contributed by atoms with van der Waals surface area (Å²) >= 11 is 0. The van der Waals surface area contributed by atoms with Gasteiger partial charge in [0.25, 0.3) is 0 Å². The Morgan fingerprint density at radius 2 is 1.81 bits per heavy atom. The third-order valence-electron chi connectivity index (χ3n) is 4.11. The third-order valence-corrected chi connectivity index (χ3v) is 5.24. The molecular weight excluding hydrogens is 365 g/mol. The predicted molar refractivity (Wildman–Crippen MR) is 107 cm³/mol. The molecule has 0 fully saturated rings. The molecule has 0 saturated heterocycles. The number of aliphatic imine (C=N–C) groups is 1. The number of hydrogen-bond acceptors (Lipinski definition) is 3. The fourth-order valence-corrected chi connectivity index (χ4v) is 3.24. The molecule has 2 N–H and O–H groups in total. The lowest BCUT2D eigenvalue weighted by Crippen LogP contribution is -2.38. The molecule has 0 saturated carbocycles. The first-order valence-electron chi connectivity index (χ1n) is 8.86. The summed E-state index contributed by atoms with van der Waals surface area (Å²) in [5, 5.41) is 6.45. The number of aryl methyl sites for hydroxylation is 1. The minimum absolute atomic E-state index is 0.221. The Balaban J connectivity index is 1.95. The van der Waals surface area contributed by atoms with Crippen molar-refractivity contribution in [3.05, 3.63) is 65.0 Å². The largest absolute Gasteiger partial charge is 0.357 e. The fraction of sp³-hybridized carbons (Fsp3) is 0.350. The molecule has 0 bridgehead atoms.